The van der Waals surface area contributed by atoms with E-state index in [2.05, 4.69) is 14.7 Å². The average Bonchev–Trinajstić information content (AvgIpc) is 2.37. The Kier molecular flexibility index (Phi) is 4.08. The summed E-state index contributed by atoms with van der Waals surface area (Å²) in [6.07, 6.45) is -3.82. The molecule has 0 aliphatic carbocycles. The maximum atomic E-state index is 13.0. The van der Waals surface area contributed by atoms with E-state index >= 15 is 0 Å². The smallest absolute Gasteiger partial charge is 0.304 e. The number of halogens is 4. The highest BCUT2D eigenvalue weighted by molar-refractivity contribution is 6.30. The van der Waals surface area contributed by atoms with Crippen molar-refractivity contribution in [1.29, 1.82) is 0 Å². The van der Waals surface area contributed by atoms with Crippen LogP contribution in [0.15, 0.2) is 18.5 Å². The summed E-state index contributed by atoms with van der Waals surface area (Å²) in [6, 6.07) is 1.36. The van der Waals surface area contributed by atoms with E-state index in [1.807, 2.05) is 0 Å². The van der Waals surface area contributed by atoms with Gasteiger partial charge >= 0.3 is 6.43 Å². The van der Waals surface area contributed by atoms with Crippen molar-refractivity contribution in [3.63, 3.8) is 0 Å². The molecule has 20 heavy (non-hydrogen) atoms. The summed E-state index contributed by atoms with van der Waals surface area (Å²) < 4.78 is 41.7. The predicted molar refractivity (Wildman–Crippen MR) is 66.1 cm³/mol. The summed E-state index contributed by atoms with van der Waals surface area (Å²) in [5.74, 6) is -0.677. The van der Waals surface area contributed by atoms with Gasteiger partial charge < -0.3 is 4.74 Å². The Morgan fingerprint density at radius 2 is 1.95 bits per heavy atom. The Hall–Kier alpha value is -1.89. The number of carbonyl (C=O) groups excluding carboxylic acids is 1. The average molecular weight is 305 g/mol. The lowest BCUT2D eigenvalue weighted by Gasteiger charge is -2.12. The number of carbonyl (C=O) groups is 1. The van der Waals surface area contributed by atoms with Gasteiger partial charge in [-0.1, -0.05) is 11.6 Å². The van der Waals surface area contributed by atoms with Crippen LogP contribution in [0.2, 0.25) is 5.15 Å². The number of hydrogen-bond donors (Lipinski definition) is 0. The molecule has 1 unspecified atom stereocenters. The van der Waals surface area contributed by atoms with Crippen LogP contribution in [0, 0.1) is 0 Å². The van der Waals surface area contributed by atoms with Gasteiger partial charge in [-0.15, -0.1) is 0 Å². The number of nitrogens with zero attached hydrogens (tertiary/aromatic N) is 2. The monoisotopic (exact) mass is 304 g/mol. The minimum absolute atomic E-state index is 0.0998. The number of aromatic nitrogens is 2. The summed E-state index contributed by atoms with van der Waals surface area (Å²) in [6.45, 7) is 1.31. The van der Waals surface area contributed by atoms with Gasteiger partial charge in [0.15, 0.2) is 5.78 Å². The molecule has 0 fully saturated rings. The molecule has 0 N–H and O–H groups in total. The van der Waals surface area contributed by atoms with Gasteiger partial charge in [0.1, 0.15) is 5.15 Å². The number of fused-ring (bicyclic) bond motifs is 1. The maximum Gasteiger partial charge on any atom is 0.304 e. The first-order valence-corrected chi connectivity index (χ1v) is 5.82. The first-order chi connectivity index (χ1) is 9.40. The lowest BCUT2D eigenvalue weighted by molar-refractivity contribution is -0.0682. The van der Waals surface area contributed by atoms with Gasteiger partial charge in [-0.05, 0) is 13.0 Å². The SMILES string of the molecule is CC(=O)c1cnc(OC(F)C(F)F)c2cnc(Cl)cc12. The molecule has 1 atom stereocenters. The van der Waals surface area contributed by atoms with E-state index in [0.717, 1.165) is 6.20 Å². The van der Waals surface area contributed by atoms with Gasteiger partial charge in [-0.2, -0.15) is 4.39 Å². The molecule has 4 nitrogen and oxygen atoms in total. The van der Waals surface area contributed by atoms with Crippen LogP contribution >= 0.6 is 11.6 Å². The largest absolute Gasteiger partial charge is 0.436 e. The molecule has 2 aromatic heterocycles. The van der Waals surface area contributed by atoms with Crippen molar-refractivity contribution in [2.45, 2.75) is 19.7 Å². The van der Waals surface area contributed by atoms with Crippen molar-refractivity contribution in [2.75, 3.05) is 0 Å². The van der Waals surface area contributed by atoms with E-state index in [9.17, 15) is 18.0 Å². The number of ketones is 1. The van der Waals surface area contributed by atoms with E-state index in [0.29, 0.717) is 5.39 Å². The van der Waals surface area contributed by atoms with Crippen molar-refractivity contribution >= 4 is 28.2 Å². The number of ether oxygens (including phenoxy) is 1. The molecule has 0 radical (unpaired) electrons. The Morgan fingerprint density at radius 1 is 1.25 bits per heavy atom. The molecule has 0 aliphatic rings. The molecule has 106 valence electrons. The molecule has 0 saturated carbocycles. The number of hydrogen-bond acceptors (Lipinski definition) is 4. The molecule has 0 saturated heterocycles. The van der Waals surface area contributed by atoms with Crippen molar-refractivity contribution in [3.05, 3.63) is 29.2 Å². The highest BCUT2D eigenvalue weighted by Gasteiger charge is 2.23. The minimum Gasteiger partial charge on any atom is -0.436 e. The first-order valence-electron chi connectivity index (χ1n) is 5.44. The number of alkyl halides is 3. The molecule has 2 aromatic rings. The highest BCUT2D eigenvalue weighted by Crippen LogP contribution is 2.29. The summed E-state index contributed by atoms with van der Waals surface area (Å²) in [7, 11) is 0. The fourth-order valence-electron chi connectivity index (χ4n) is 1.62. The standard InChI is InChI=1S/C12H8ClF3N2O2/c1-5(19)7-3-18-12(20-11(16)10(14)15)8-4-17-9(13)2-6(7)8/h2-4,10-11H,1H3. The zero-order valence-corrected chi connectivity index (χ0v) is 10.9. The zero-order valence-electron chi connectivity index (χ0n) is 10.1. The van der Waals surface area contributed by atoms with Crippen molar-refractivity contribution < 1.29 is 22.7 Å². The van der Waals surface area contributed by atoms with Gasteiger partial charge in [-0.3, -0.25) is 4.79 Å². The van der Waals surface area contributed by atoms with Crippen LogP contribution in [0.3, 0.4) is 0 Å². The molecule has 2 heterocycles. The zero-order chi connectivity index (χ0) is 14.9. The Balaban J connectivity index is 2.58. The number of pyridine rings is 2. The third kappa shape index (κ3) is 2.82. The normalized spacial score (nSPS) is 12.7. The molecule has 0 aliphatic heterocycles. The Morgan fingerprint density at radius 3 is 2.55 bits per heavy atom. The lowest BCUT2D eigenvalue weighted by atomic mass is 10.1. The van der Waals surface area contributed by atoms with Gasteiger partial charge in [0.25, 0.3) is 6.36 Å². The molecule has 8 heteroatoms. The molecular formula is C12H8ClF3N2O2. The van der Waals surface area contributed by atoms with Gasteiger partial charge in [0, 0.05) is 23.3 Å². The third-order valence-electron chi connectivity index (χ3n) is 2.50. The fourth-order valence-corrected chi connectivity index (χ4v) is 1.78. The molecular weight excluding hydrogens is 297 g/mol. The predicted octanol–water partition coefficient (Wildman–Crippen LogP) is 3.43. The van der Waals surface area contributed by atoms with Crippen LogP contribution in [-0.4, -0.2) is 28.5 Å². The van der Waals surface area contributed by atoms with E-state index in [1.54, 1.807) is 0 Å². The van der Waals surface area contributed by atoms with E-state index < -0.39 is 12.8 Å². The highest BCUT2D eigenvalue weighted by atomic mass is 35.5. The summed E-state index contributed by atoms with van der Waals surface area (Å²) in [4.78, 5) is 18.9. The minimum atomic E-state index is -3.31. The van der Waals surface area contributed by atoms with Crippen LogP contribution in [-0.2, 0) is 0 Å². The first kappa shape index (κ1) is 14.5. The van der Waals surface area contributed by atoms with E-state index in [1.165, 1.54) is 19.2 Å². The van der Waals surface area contributed by atoms with Crippen molar-refractivity contribution in [1.82, 2.24) is 9.97 Å². The van der Waals surface area contributed by atoms with Crippen molar-refractivity contribution in [2.24, 2.45) is 0 Å². The second-order valence-electron chi connectivity index (χ2n) is 3.89. The topological polar surface area (TPSA) is 52.1 Å². The molecule has 0 bridgehead atoms. The van der Waals surface area contributed by atoms with Crippen molar-refractivity contribution in [3.8, 4) is 5.88 Å². The fraction of sp³-hybridized carbons (Fsp3) is 0.250. The quantitative estimate of drug-likeness (QED) is 0.641. The second-order valence-corrected chi connectivity index (χ2v) is 4.28. The van der Waals surface area contributed by atoms with Gasteiger partial charge in [-0.25, -0.2) is 18.7 Å². The van der Waals surface area contributed by atoms with Gasteiger partial charge in [0.2, 0.25) is 5.88 Å². The number of rotatable bonds is 4. The van der Waals surface area contributed by atoms with E-state index in [-0.39, 0.29) is 27.8 Å². The second kappa shape index (κ2) is 5.62. The number of Topliss-reactive ketones (excluding diaryl/α,β-unsaturated/α-hetero) is 1. The Labute approximate surface area is 116 Å². The Bertz CT molecular complexity index is 666. The summed E-state index contributed by atoms with van der Waals surface area (Å²) in [5, 5.41) is 0.539. The van der Waals surface area contributed by atoms with Crippen LogP contribution in [0.4, 0.5) is 13.2 Å². The lowest BCUT2D eigenvalue weighted by Crippen LogP contribution is -2.20. The van der Waals surface area contributed by atoms with Crippen LogP contribution in [0.25, 0.3) is 10.8 Å². The maximum absolute atomic E-state index is 13.0. The molecule has 2 rings (SSSR count). The molecule has 0 aromatic carbocycles. The van der Waals surface area contributed by atoms with E-state index in [4.69, 9.17) is 11.6 Å². The van der Waals surface area contributed by atoms with Crippen LogP contribution in [0.1, 0.15) is 17.3 Å². The van der Waals surface area contributed by atoms with Crippen LogP contribution < -0.4 is 4.74 Å². The van der Waals surface area contributed by atoms with Gasteiger partial charge in [0.05, 0.1) is 5.39 Å². The molecule has 0 spiro atoms. The summed E-state index contributed by atoms with van der Waals surface area (Å²) in [5.41, 5.74) is 0.212. The third-order valence-corrected chi connectivity index (χ3v) is 2.71. The molecule has 0 amide bonds. The van der Waals surface area contributed by atoms with Crippen LogP contribution in [0.5, 0.6) is 5.88 Å². The summed E-state index contributed by atoms with van der Waals surface area (Å²) >= 11 is 5.73.